The Labute approximate surface area is 133 Å². The fraction of sp³-hybridized carbons (Fsp3) is 0.176. The number of nitrogens with zero attached hydrogens (tertiary/aromatic N) is 4. The van der Waals surface area contributed by atoms with Crippen LogP contribution in [0.1, 0.15) is 27.3 Å². The molecule has 1 heterocycles. The van der Waals surface area contributed by atoms with Crippen LogP contribution < -0.4 is 4.74 Å². The molecule has 2 aromatic carbocycles. The highest BCUT2D eigenvalue weighted by atomic mass is 16.5. The summed E-state index contributed by atoms with van der Waals surface area (Å²) < 4.78 is 7.41. The van der Waals surface area contributed by atoms with Crippen LogP contribution in [0.4, 0.5) is 0 Å². The lowest BCUT2D eigenvalue weighted by Gasteiger charge is -2.11. The molecule has 3 rings (SSSR count). The van der Waals surface area contributed by atoms with Crippen molar-refractivity contribution in [1.29, 1.82) is 0 Å². The molecule has 0 fully saturated rings. The van der Waals surface area contributed by atoms with E-state index in [1.54, 1.807) is 28.9 Å². The van der Waals surface area contributed by atoms with Gasteiger partial charge in [-0.3, -0.25) is 4.79 Å². The number of aromatic nitrogens is 4. The molecule has 23 heavy (non-hydrogen) atoms. The zero-order valence-electron chi connectivity index (χ0n) is 12.9. The second kappa shape index (κ2) is 6.39. The number of hydrogen-bond acceptors (Lipinski definition) is 5. The van der Waals surface area contributed by atoms with Crippen LogP contribution in [-0.4, -0.2) is 26.5 Å². The quantitative estimate of drug-likeness (QED) is 0.678. The predicted octanol–water partition coefficient (Wildman–Crippen LogP) is 2.67. The Kier molecular flexibility index (Phi) is 4.14. The van der Waals surface area contributed by atoms with Crippen molar-refractivity contribution in [2.24, 2.45) is 0 Å². The summed E-state index contributed by atoms with van der Waals surface area (Å²) in [4.78, 5) is 10.7. The molecule has 0 bridgehead atoms. The topological polar surface area (TPSA) is 69.9 Å². The summed E-state index contributed by atoms with van der Waals surface area (Å²) >= 11 is 0. The normalized spacial score (nSPS) is 10.5. The van der Waals surface area contributed by atoms with Gasteiger partial charge in [-0.05, 0) is 59.7 Å². The largest absolute Gasteiger partial charge is 0.486 e. The fourth-order valence-electron chi connectivity index (χ4n) is 2.40. The highest BCUT2D eigenvalue weighted by molar-refractivity contribution is 5.74. The lowest BCUT2D eigenvalue weighted by Crippen LogP contribution is -2.09. The molecule has 0 N–H and O–H groups in total. The highest BCUT2D eigenvalue weighted by Crippen LogP contribution is 2.19. The Morgan fingerprint density at radius 2 is 1.78 bits per heavy atom. The van der Waals surface area contributed by atoms with Crippen LogP contribution in [0.5, 0.6) is 5.75 Å². The average molecular weight is 308 g/mol. The molecule has 0 aliphatic heterocycles. The van der Waals surface area contributed by atoms with Crippen LogP contribution in [0.3, 0.4) is 0 Å². The van der Waals surface area contributed by atoms with Crippen molar-refractivity contribution in [3.05, 3.63) is 65.0 Å². The van der Waals surface area contributed by atoms with Gasteiger partial charge < -0.3 is 4.74 Å². The van der Waals surface area contributed by atoms with E-state index in [9.17, 15) is 4.79 Å². The smallest absolute Gasteiger partial charge is 0.194 e. The summed E-state index contributed by atoms with van der Waals surface area (Å²) in [6, 6.07) is 12.9. The summed E-state index contributed by atoms with van der Waals surface area (Å²) in [6.07, 6.45) is 0.797. The van der Waals surface area contributed by atoms with Crippen LogP contribution in [-0.2, 0) is 6.61 Å². The number of benzene rings is 2. The van der Waals surface area contributed by atoms with Gasteiger partial charge in [0.05, 0.1) is 5.69 Å². The molecule has 0 spiro atoms. The molecule has 116 valence electrons. The summed E-state index contributed by atoms with van der Waals surface area (Å²) in [6.45, 7) is 4.28. The van der Waals surface area contributed by atoms with Gasteiger partial charge in [-0.2, -0.15) is 4.68 Å². The number of para-hydroxylation sites is 1. The monoisotopic (exact) mass is 308 g/mol. The average Bonchev–Trinajstić information content (AvgIpc) is 3.01. The first-order valence-corrected chi connectivity index (χ1v) is 7.21. The lowest BCUT2D eigenvalue weighted by molar-refractivity contribution is 0.112. The van der Waals surface area contributed by atoms with E-state index in [-0.39, 0.29) is 6.61 Å². The standard InChI is InChI=1S/C17H16N4O2/c1-12-4-3-5-13(2)17(12)21-16(18-19-20-21)11-23-15-8-6-14(10-22)7-9-15/h3-10H,11H2,1-2H3. The van der Waals surface area contributed by atoms with Crippen molar-refractivity contribution >= 4 is 6.29 Å². The van der Waals surface area contributed by atoms with Crippen LogP contribution in [0, 0.1) is 13.8 Å². The minimum atomic E-state index is 0.237. The molecule has 0 radical (unpaired) electrons. The minimum Gasteiger partial charge on any atom is -0.486 e. The maximum absolute atomic E-state index is 10.7. The highest BCUT2D eigenvalue weighted by Gasteiger charge is 2.13. The molecule has 0 unspecified atom stereocenters. The Bertz CT molecular complexity index is 805. The van der Waals surface area contributed by atoms with Crippen molar-refractivity contribution in [3.8, 4) is 11.4 Å². The van der Waals surface area contributed by atoms with E-state index in [1.165, 1.54) is 0 Å². The Morgan fingerprint density at radius 3 is 2.43 bits per heavy atom. The molecule has 6 nitrogen and oxygen atoms in total. The maximum Gasteiger partial charge on any atom is 0.194 e. The van der Waals surface area contributed by atoms with Gasteiger partial charge in [-0.1, -0.05) is 18.2 Å². The number of carbonyl (C=O) groups is 1. The maximum atomic E-state index is 10.7. The second-order valence-corrected chi connectivity index (χ2v) is 5.22. The third kappa shape index (κ3) is 3.11. The number of tetrazole rings is 1. The number of ether oxygens (including phenoxy) is 1. The molecule has 1 aromatic heterocycles. The van der Waals surface area contributed by atoms with Crippen molar-refractivity contribution in [2.45, 2.75) is 20.5 Å². The summed E-state index contributed by atoms with van der Waals surface area (Å²) in [7, 11) is 0. The molecule has 0 aliphatic rings. The molecule has 0 atom stereocenters. The van der Waals surface area contributed by atoms with Crippen LogP contribution >= 0.6 is 0 Å². The number of hydrogen-bond donors (Lipinski definition) is 0. The molecule has 0 saturated heterocycles. The third-order valence-electron chi connectivity index (χ3n) is 3.57. The van der Waals surface area contributed by atoms with Gasteiger partial charge in [0.1, 0.15) is 18.6 Å². The zero-order chi connectivity index (χ0) is 16.2. The Morgan fingerprint density at radius 1 is 1.09 bits per heavy atom. The van der Waals surface area contributed by atoms with Gasteiger partial charge >= 0.3 is 0 Å². The van der Waals surface area contributed by atoms with E-state index >= 15 is 0 Å². The van der Waals surface area contributed by atoms with Crippen molar-refractivity contribution in [3.63, 3.8) is 0 Å². The van der Waals surface area contributed by atoms with Crippen LogP contribution in [0.2, 0.25) is 0 Å². The summed E-state index contributed by atoms with van der Waals surface area (Å²) in [5, 5.41) is 11.9. The van der Waals surface area contributed by atoms with E-state index in [4.69, 9.17) is 4.74 Å². The third-order valence-corrected chi connectivity index (χ3v) is 3.57. The first-order chi connectivity index (χ1) is 11.2. The van der Waals surface area contributed by atoms with Gasteiger partial charge in [0.2, 0.25) is 0 Å². The zero-order valence-corrected chi connectivity index (χ0v) is 12.9. The van der Waals surface area contributed by atoms with E-state index in [0.717, 1.165) is 23.1 Å². The van der Waals surface area contributed by atoms with Gasteiger partial charge in [-0.25, -0.2) is 0 Å². The van der Waals surface area contributed by atoms with Gasteiger partial charge in [0.25, 0.3) is 0 Å². The second-order valence-electron chi connectivity index (χ2n) is 5.22. The fourth-order valence-corrected chi connectivity index (χ4v) is 2.40. The number of rotatable bonds is 5. The molecular formula is C17H16N4O2. The van der Waals surface area contributed by atoms with Crippen LogP contribution in [0.25, 0.3) is 5.69 Å². The van der Waals surface area contributed by atoms with Gasteiger partial charge in [-0.15, -0.1) is 5.10 Å². The van der Waals surface area contributed by atoms with E-state index in [2.05, 4.69) is 15.5 Å². The van der Waals surface area contributed by atoms with Crippen molar-refractivity contribution < 1.29 is 9.53 Å². The Balaban J connectivity index is 1.82. The van der Waals surface area contributed by atoms with Gasteiger partial charge in [0, 0.05) is 5.56 Å². The number of carbonyl (C=O) groups excluding carboxylic acids is 1. The molecule has 3 aromatic rings. The molecule has 6 heteroatoms. The molecule has 0 saturated carbocycles. The molecule has 0 aliphatic carbocycles. The van der Waals surface area contributed by atoms with Crippen molar-refractivity contribution in [1.82, 2.24) is 20.2 Å². The SMILES string of the molecule is Cc1cccc(C)c1-n1nnnc1COc1ccc(C=O)cc1. The first-order valence-electron chi connectivity index (χ1n) is 7.21. The first kappa shape index (κ1) is 14.9. The molecular weight excluding hydrogens is 292 g/mol. The lowest BCUT2D eigenvalue weighted by atomic mass is 10.1. The Hall–Kier alpha value is -3.02. The van der Waals surface area contributed by atoms with Crippen LogP contribution in [0.15, 0.2) is 42.5 Å². The van der Waals surface area contributed by atoms with Gasteiger partial charge in [0.15, 0.2) is 5.82 Å². The molecule has 0 amide bonds. The van der Waals surface area contributed by atoms with E-state index in [0.29, 0.717) is 17.1 Å². The minimum absolute atomic E-state index is 0.237. The van der Waals surface area contributed by atoms with E-state index < -0.39 is 0 Å². The predicted molar refractivity (Wildman–Crippen MR) is 84.8 cm³/mol. The summed E-state index contributed by atoms with van der Waals surface area (Å²) in [5.41, 5.74) is 3.76. The van der Waals surface area contributed by atoms with E-state index in [1.807, 2.05) is 32.0 Å². The number of aldehydes is 1. The van der Waals surface area contributed by atoms with Crippen molar-refractivity contribution in [2.75, 3.05) is 0 Å². The summed E-state index contributed by atoms with van der Waals surface area (Å²) in [5.74, 6) is 1.27. The number of aryl methyl sites for hydroxylation is 2.